The number of pyridine rings is 1. The Hall–Kier alpha value is -2.79. The number of aliphatic hydroxyl groups is 1. The first-order chi connectivity index (χ1) is 18.5. The second-order valence-corrected chi connectivity index (χ2v) is 12.8. The molecular weight excluding hydrogens is 528 g/mol. The number of halogens is 2. The van der Waals surface area contributed by atoms with Crippen molar-refractivity contribution >= 4 is 21.7 Å². The van der Waals surface area contributed by atoms with Crippen LogP contribution in [-0.4, -0.2) is 55.6 Å². The third-order valence-corrected chi connectivity index (χ3v) is 9.29. The number of nitrogens with zero attached hydrogens (tertiary/aromatic N) is 2. The van der Waals surface area contributed by atoms with Crippen molar-refractivity contribution in [3.8, 4) is 5.75 Å². The zero-order valence-electron chi connectivity index (χ0n) is 22.0. The zero-order valence-corrected chi connectivity index (χ0v) is 22.9. The van der Waals surface area contributed by atoms with Gasteiger partial charge in [-0.1, -0.05) is 18.2 Å². The molecule has 8 nitrogen and oxygen atoms in total. The Morgan fingerprint density at radius 3 is 2.59 bits per heavy atom. The average Bonchev–Trinajstić information content (AvgIpc) is 3.70. The Bertz CT molecular complexity index is 1320. The van der Waals surface area contributed by atoms with Crippen LogP contribution in [0.5, 0.6) is 5.75 Å². The highest BCUT2D eigenvalue weighted by Crippen LogP contribution is 2.47. The fourth-order valence-electron chi connectivity index (χ4n) is 5.54. The number of rotatable bonds is 8. The van der Waals surface area contributed by atoms with Gasteiger partial charge in [-0.25, -0.2) is 18.5 Å². The van der Waals surface area contributed by atoms with Gasteiger partial charge in [0, 0.05) is 45.4 Å². The van der Waals surface area contributed by atoms with Gasteiger partial charge in [-0.15, -0.1) is 0 Å². The van der Waals surface area contributed by atoms with Crippen molar-refractivity contribution in [2.45, 2.75) is 80.8 Å². The minimum atomic E-state index is -4.28. The molecule has 39 heavy (non-hydrogen) atoms. The van der Waals surface area contributed by atoms with Crippen LogP contribution >= 0.6 is 0 Å². The third-order valence-electron chi connectivity index (χ3n) is 8.06. The fraction of sp³-hybridized carbons (Fsp3) is 0.571. The maximum atomic E-state index is 13.7. The molecule has 3 aliphatic rings. The van der Waals surface area contributed by atoms with Gasteiger partial charge in [-0.05, 0) is 73.8 Å². The van der Waals surface area contributed by atoms with Crippen LogP contribution in [0.3, 0.4) is 0 Å². The van der Waals surface area contributed by atoms with E-state index >= 15 is 0 Å². The summed E-state index contributed by atoms with van der Waals surface area (Å²) in [4.78, 5) is 19.5. The number of ether oxygens (including phenoxy) is 1. The first-order valence-corrected chi connectivity index (χ1v) is 15.1. The summed E-state index contributed by atoms with van der Waals surface area (Å²) in [5.74, 6) is -2.52. The molecule has 2 saturated carbocycles. The van der Waals surface area contributed by atoms with E-state index in [1.807, 2.05) is 24.0 Å². The summed E-state index contributed by atoms with van der Waals surface area (Å²) in [7, 11) is -4.28. The Kier molecular flexibility index (Phi) is 7.58. The number of hydrogen-bond donors (Lipinski definition) is 2. The van der Waals surface area contributed by atoms with Gasteiger partial charge < -0.3 is 14.7 Å². The molecule has 2 aliphatic carbocycles. The van der Waals surface area contributed by atoms with Gasteiger partial charge in [0.1, 0.15) is 11.6 Å². The molecule has 0 bridgehead atoms. The summed E-state index contributed by atoms with van der Waals surface area (Å²) >= 11 is 0. The van der Waals surface area contributed by atoms with E-state index in [0.29, 0.717) is 50.3 Å². The van der Waals surface area contributed by atoms with Gasteiger partial charge in [0.05, 0.1) is 0 Å². The second-order valence-electron chi connectivity index (χ2n) is 11.2. The van der Waals surface area contributed by atoms with E-state index in [2.05, 4.69) is 9.71 Å². The van der Waals surface area contributed by atoms with Crippen molar-refractivity contribution in [3.63, 3.8) is 0 Å². The van der Waals surface area contributed by atoms with Gasteiger partial charge in [0.15, 0.2) is 10.6 Å². The van der Waals surface area contributed by atoms with Gasteiger partial charge in [0.2, 0.25) is 5.92 Å². The quantitative estimate of drug-likeness (QED) is 0.493. The number of carbonyl (C=O) groups is 1. The second kappa shape index (κ2) is 10.6. The number of benzene rings is 1. The van der Waals surface area contributed by atoms with Crippen LogP contribution in [0.15, 0.2) is 41.4 Å². The number of hydrogen-bond acceptors (Lipinski definition) is 7. The first kappa shape index (κ1) is 27.8. The standard InChI is InChI=1S/C28H35F2N3O5S/c1-19-7-8-22(21-9-11-28(29,30)12-10-21)23(16-19)38-27(13-14-27)26(35)32-39(36,37)25-6-2-5-24(31-25)33-15-3-4-20(17-33)18-34/h2,5-8,16,20-21,34H,3-4,9-15,17-18H2,1H3,(H,32,35)/t20-/m0/s1. The summed E-state index contributed by atoms with van der Waals surface area (Å²) < 4.78 is 62.2. The van der Waals surface area contributed by atoms with Crippen molar-refractivity contribution in [2.24, 2.45) is 5.92 Å². The van der Waals surface area contributed by atoms with E-state index in [1.165, 1.54) is 6.07 Å². The van der Waals surface area contributed by atoms with E-state index in [0.717, 1.165) is 24.0 Å². The lowest BCUT2D eigenvalue weighted by Gasteiger charge is -2.32. The van der Waals surface area contributed by atoms with Crippen molar-refractivity contribution in [1.82, 2.24) is 9.71 Å². The maximum Gasteiger partial charge on any atom is 0.281 e. The van der Waals surface area contributed by atoms with Gasteiger partial charge >= 0.3 is 0 Å². The predicted octanol–water partition coefficient (Wildman–Crippen LogP) is 4.31. The Morgan fingerprint density at radius 1 is 1.15 bits per heavy atom. The molecule has 3 fully saturated rings. The van der Waals surface area contributed by atoms with Gasteiger partial charge in [-0.2, -0.15) is 8.42 Å². The molecule has 0 spiro atoms. The molecule has 5 rings (SSSR count). The SMILES string of the molecule is Cc1ccc(C2CCC(F)(F)CC2)c(OC2(C(=O)NS(=O)(=O)c3cccc(N4CCC[C@H](CO)C4)n3)CC2)c1. The van der Waals surface area contributed by atoms with E-state index in [4.69, 9.17) is 4.74 Å². The van der Waals surface area contributed by atoms with Crippen molar-refractivity contribution in [3.05, 3.63) is 47.5 Å². The molecule has 1 aromatic carbocycles. The summed E-state index contributed by atoms with van der Waals surface area (Å²) in [5, 5.41) is 9.25. The number of aryl methyl sites for hydroxylation is 1. The van der Waals surface area contributed by atoms with Crippen LogP contribution in [0.25, 0.3) is 0 Å². The molecule has 1 aliphatic heterocycles. The zero-order chi connectivity index (χ0) is 27.8. The largest absolute Gasteiger partial charge is 0.477 e. The molecule has 11 heteroatoms. The number of alkyl halides is 2. The van der Waals surface area contributed by atoms with Crippen LogP contribution in [0.4, 0.5) is 14.6 Å². The highest BCUT2D eigenvalue weighted by molar-refractivity contribution is 7.90. The molecule has 2 aromatic rings. The van der Waals surface area contributed by atoms with E-state index < -0.39 is 27.5 Å². The Balaban J connectivity index is 1.31. The molecule has 1 atom stereocenters. The van der Waals surface area contributed by atoms with Crippen molar-refractivity contribution in [2.75, 3.05) is 24.6 Å². The molecular formula is C28H35F2N3O5S. The lowest BCUT2D eigenvalue weighted by atomic mass is 9.81. The number of aliphatic hydroxyl groups excluding tert-OH is 1. The summed E-state index contributed by atoms with van der Waals surface area (Å²) in [6.07, 6.45) is 2.69. The lowest BCUT2D eigenvalue weighted by Crippen LogP contribution is -2.44. The molecule has 0 unspecified atom stereocenters. The number of piperidine rings is 1. The Morgan fingerprint density at radius 2 is 1.90 bits per heavy atom. The molecule has 1 aromatic heterocycles. The minimum Gasteiger partial charge on any atom is -0.477 e. The van der Waals surface area contributed by atoms with Crippen LogP contribution < -0.4 is 14.4 Å². The van der Waals surface area contributed by atoms with Gasteiger partial charge in [0.25, 0.3) is 15.9 Å². The predicted molar refractivity (Wildman–Crippen MR) is 142 cm³/mol. The monoisotopic (exact) mass is 563 g/mol. The number of anilines is 1. The molecule has 2 heterocycles. The van der Waals surface area contributed by atoms with E-state index in [9.17, 15) is 27.1 Å². The normalized spacial score (nSPS) is 22.8. The first-order valence-electron chi connectivity index (χ1n) is 13.6. The third kappa shape index (κ3) is 6.19. The lowest BCUT2D eigenvalue weighted by molar-refractivity contribution is -0.128. The number of sulfonamides is 1. The number of amides is 1. The number of carbonyl (C=O) groups excluding carboxylic acids is 1. The summed E-state index contributed by atoms with van der Waals surface area (Å²) in [6.45, 7) is 3.21. The Labute approximate surface area is 227 Å². The fourth-order valence-corrected chi connectivity index (χ4v) is 6.54. The van der Waals surface area contributed by atoms with Crippen molar-refractivity contribution < 1.29 is 31.8 Å². The van der Waals surface area contributed by atoms with Crippen LogP contribution in [0.2, 0.25) is 0 Å². The van der Waals surface area contributed by atoms with E-state index in [1.54, 1.807) is 18.2 Å². The highest BCUT2D eigenvalue weighted by atomic mass is 32.2. The van der Waals surface area contributed by atoms with Crippen LogP contribution in [0, 0.1) is 12.8 Å². The molecule has 2 N–H and O–H groups in total. The molecule has 1 amide bonds. The topological polar surface area (TPSA) is 109 Å². The van der Waals surface area contributed by atoms with Crippen LogP contribution in [-0.2, 0) is 14.8 Å². The number of aromatic nitrogens is 1. The summed E-state index contributed by atoms with van der Waals surface area (Å²) in [5.41, 5.74) is 0.323. The summed E-state index contributed by atoms with van der Waals surface area (Å²) in [6, 6.07) is 10.2. The van der Waals surface area contributed by atoms with Gasteiger partial charge in [-0.3, -0.25) is 4.79 Å². The van der Waals surface area contributed by atoms with Crippen molar-refractivity contribution in [1.29, 1.82) is 0 Å². The maximum absolute atomic E-state index is 13.7. The number of nitrogens with one attached hydrogen (secondary N) is 1. The minimum absolute atomic E-state index is 0.0580. The van der Waals surface area contributed by atoms with Crippen LogP contribution in [0.1, 0.15) is 68.4 Å². The molecule has 0 radical (unpaired) electrons. The van der Waals surface area contributed by atoms with E-state index in [-0.39, 0.29) is 36.3 Å². The smallest absolute Gasteiger partial charge is 0.281 e. The molecule has 1 saturated heterocycles. The highest BCUT2D eigenvalue weighted by Gasteiger charge is 2.54. The molecule has 212 valence electrons. The average molecular weight is 564 g/mol.